The summed E-state index contributed by atoms with van der Waals surface area (Å²) in [4.78, 5) is 23.8. The van der Waals surface area contributed by atoms with Crippen LogP contribution in [-0.4, -0.2) is 55.3 Å². The molecule has 2 aliphatic heterocycles. The van der Waals surface area contributed by atoms with Gasteiger partial charge in [0.05, 0.1) is 24.8 Å². The maximum Gasteiger partial charge on any atom is 0.228 e. The molecule has 0 saturated carbocycles. The van der Waals surface area contributed by atoms with E-state index in [0.717, 1.165) is 74.9 Å². The molecule has 3 N–H and O–H groups in total. The van der Waals surface area contributed by atoms with Crippen molar-refractivity contribution >= 4 is 28.9 Å². The molecule has 2 aromatic carbocycles. The number of carbonyl (C=O) groups is 1. The van der Waals surface area contributed by atoms with Gasteiger partial charge in [0, 0.05) is 48.5 Å². The number of amides is 1. The normalized spacial score (nSPS) is 18.4. The second kappa shape index (κ2) is 10.6. The van der Waals surface area contributed by atoms with Crippen LogP contribution >= 0.6 is 0 Å². The van der Waals surface area contributed by atoms with Gasteiger partial charge in [-0.15, -0.1) is 0 Å². The van der Waals surface area contributed by atoms with E-state index in [4.69, 9.17) is 4.74 Å². The van der Waals surface area contributed by atoms with Gasteiger partial charge >= 0.3 is 0 Å². The van der Waals surface area contributed by atoms with Crippen molar-refractivity contribution in [3.05, 3.63) is 60.8 Å². The summed E-state index contributed by atoms with van der Waals surface area (Å²) < 4.78 is 5.43. The van der Waals surface area contributed by atoms with E-state index >= 15 is 0 Å². The highest BCUT2D eigenvalue weighted by Crippen LogP contribution is 2.24. The second-order valence-electron chi connectivity index (χ2n) is 8.65. The lowest BCUT2D eigenvalue weighted by Crippen LogP contribution is -2.37. The Hall–Kier alpha value is -3.49. The summed E-state index contributed by atoms with van der Waals surface area (Å²) in [5.41, 5.74) is 4.70. The standard InChI is InChI=1S/C26H30N6O2/c33-25(20-2-1-12-27-18-20)29-21-5-3-19(4-6-21)24-11-13-28-26(31-24)30-22-7-9-23(10-8-22)32-14-16-34-17-15-32/h3-11,13,20,27H,1-2,12,14-18H2,(H,29,33)(H,28,30,31). The Balaban J connectivity index is 1.21. The fraction of sp³-hybridized carbons (Fsp3) is 0.346. The minimum absolute atomic E-state index is 0.0341. The lowest BCUT2D eigenvalue weighted by Gasteiger charge is -2.28. The Bertz CT molecular complexity index is 1090. The van der Waals surface area contributed by atoms with Crippen LogP contribution in [0.4, 0.5) is 23.0 Å². The summed E-state index contributed by atoms with van der Waals surface area (Å²) in [6, 6.07) is 18.0. The van der Waals surface area contributed by atoms with E-state index in [1.54, 1.807) is 6.20 Å². The first-order valence-corrected chi connectivity index (χ1v) is 11.9. The Kier molecular flexibility index (Phi) is 6.97. The lowest BCUT2D eigenvalue weighted by molar-refractivity contribution is -0.120. The van der Waals surface area contributed by atoms with Gasteiger partial charge in [0.1, 0.15) is 0 Å². The summed E-state index contributed by atoms with van der Waals surface area (Å²) in [7, 11) is 0. The largest absolute Gasteiger partial charge is 0.378 e. The molecule has 3 heterocycles. The van der Waals surface area contributed by atoms with E-state index in [1.165, 1.54) is 5.69 Å². The second-order valence-corrected chi connectivity index (χ2v) is 8.65. The zero-order chi connectivity index (χ0) is 23.2. The fourth-order valence-electron chi connectivity index (χ4n) is 4.33. The highest BCUT2D eigenvalue weighted by Gasteiger charge is 2.20. The first-order valence-electron chi connectivity index (χ1n) is 11.9. The number of aromatic nitrogens is 2. The molecular weight excluding hydrogens is 428 g/mol. The molecule has 3 aromatic rings. The summed E-state index contributed by atoms with van der Waals surface area (Å²) in [5, 5.41) is 9.60. The number of piperidine rings is 1. The molecular formula is C26H30N6O2. The molecule has 1 unspecified atom stereocenters. The van der Waals surface area contributed by atoms with Crippen molar-refractivity contribution in [3.63, 3.8) is 0 Å². The molecule has 0 spiro atoms. The quantitative estimate of drug-likeness (QED) is 0.519. The first-order chi connectivity index (χ1) is 16.7. The molecule has 0 bridgehead atoms. The summed E-state index contributed by atoms with van der Waals surface area (Å²) >= 11 is 0. The van der Waals surface area contributed by atoms with E-state index < -0.39 is 0 Å². The molecule has 8 heteroatoms. The lowest BCUT2D eigenvalue weighted by atomic mass is 9.99. The summed E-state index contributed by atoms with van der Waals surface area (Å²) in [6.45, 7) is 5.11. The Labute approximate surface area is 199 Å². The predicted molar refractivity (Wildman–Crippen MR) is 134 cm³/mol. The summed E-state index contributed by atoms with van der Waals surface area (Å²) in [6.07, 6.45) is 3.72. The van der Waals surface area contributed by atoms with Gasteiger partial charge in [-0.25, -0.2) is 9.97 Å². The van der Waals surface area contributed by atoms with E-state index in [-0.39, 0.29) is 11.8 Å². The van der Waals surface area contributed by atoms with Crippen molar-refractivity contribution in [1.29, 1.82) is 0 Å². The molecule has 0 radical (unpaired) electrons. The highest BCUT2D eigenvalue weighted by atomic mass is 16.5. The van der Waals surface area contributed by atoms with Crippen LogP contribution < -0.4 is 20.9 Å². The van der Waals surface area contributed by atoms with Crippen molar-refractivity contribution in [1.82, 2.24) is 15.3 Å². The number of morpholine rings is 1. The van der Waals surface area contributed by atoms with Crippen LogP contribution in [0.2, 0.25) is 0 Å². The van der Waals surface area contributed by atoms with E-state index in [2.05, 4.69) is 43.0 Å². The number of nitrogens with one attached hydrogen (secondary N) is 3. The first kappa shape index (κ1) is 22.3. The van der Waals surface area contributed by atoms with Gasteiger partial charge in [-0.3, -0.25) is 4.79 Å². The number of nitrogens with zero attached hydrogens (tertiary/aromatic N) is 3. The van der Waals surface area contributed by atoms with Gasteiger partial charge < -0.3 is 25.6 Å². The van der Waals surface area contributed by atoms with Crippen LogP contribution in [0.1, 0.15) is 12.8 Å². The van der Waals surface area contributed by atoms with E-state index in [9.17, 15) is 4.79 Å². The van der Waals surface area contributed by atoms with Crippen molar-refractivity contribution < 1.29 is 9.53 Å². The number of hydrogen-bond donors (Lipinski definition) is 3. The van der Waals surface area contributed by atoms with Crippen molar-refractivity contribution in [2.75, 3.05) is 54.9 Å². The van der Waals surface area contributed by atoms with Gasteiger partial charge in [-0.1, -0.05) is 12.1 Å². The number of rotatable bonds is 6. The average Bonchev–Trinajstić information content (AvgIpc) is 2.91. The number of anilines is 4. The maximum atomic E-state index is 12.5. The molecule has 2 saturated heterocycles. The van der Waals surface area contributed by atoms with Crippen LogP contribution in [-0.2, 0) is 9.53 Å². The number of carbonyl (C=O) groups excluding carboxylic acids is 1. The number of ether oxygens (including phenoxy) is 1. The Morgan fingerprint density at radius 2 is 1.76 bits per heavy atom. The topological polar surface area (TPSA) is 91.4 Å². The molecule has 0 aliphatic carbocycles. The average molecular weight is 459 g/mol. The monoisotopic (exact) mass is 458 g/mol. The smallest absolute Gasteiger partial charge is 0.228 e. The molecule has 1 aromatic heterocycles. The predicted octanol–water partition coefficient (Wildman–Crippen LogP) is 3.66. The molecule has 34 heavy (non-hydrogen) atoms. The highest BCUT2D eigenvalue weighted by molar-refractivity contribution is 5.93. The van der Waals surface area contributed by atoms with Crippen LogP contribution in [0.3, 0.4) is 0 Å². The minimum atomic E-state index is 0.0341. The molecule has 2 aliphatic rings. The third-order valence-corrected chi connectivity index (χ3v) is 6.27. The molecule has 8 nitrogen and oxygen atoms in total. The van der Waals surface area contributed by atoms with Crippen molar-refractivity contribution in [2.24, 2.45) is 5.92 Å². The molecule has 2 fully saturated rings. The molecule has 176 valence electrons. The molecule has 1 atom stereocenters. The number of hydrogen-bond acceptors (Lipinski definition) is 7. The van der Waals surface area contributed by atoms with Crippen LogP contribution in [0.25, 0.3) is 11.3 Å². The Morgan fingerprint density at radius 1 is 1.00 bits per heavy atom. The third kappa shape index (κ3) is 5.52. The van der Waals surface area contributed by atoms with Gasteiger partial charge in [0.25, 0.3) is 0 Å². The van der Waals surface area contributed by atoms with Crippen LogP contribution in [0.15, 0.2) is 60.8 Å². The molecule has 1 amide bonds. The maximum absolute atomic E-state index is 12.5. The van der Waals surface area contributed by atoms with Crippen LogP contribution in [0, 0.1) is 5.92 Å². The van der Waals surface area contributed by atoms with Gasteiger partial charge in [0.15, 0.2) is 0 Å². The van der Waals surface area contributed by atoms with Crippen molar-refractivity contribution in [2.45, 2.75) is 12.8 Å². The molecule has 5 rings (SSSR count). The third-order valence-electron chi connectivity index (χ3n) is 6.27. The zero-order valence-electron chi connectivity index (χ0n) is 19.2. The summed E-state index contributed by atoms with van der Waals surface area (Å²) in [5.74, 6) is 0.652. The van der Waals surface area contributed by atoms with Gasteiger partial charge in [-0.05, 0) is 61.9 Å². The number of benzene rings is 2. The SMILES string of the molecule is O=C(Nc1ccc(-c2ccnc(Nc3ccc(N4CCOCC4)cc3)n2)cc1)C1CCCNC1. The zero-order valence-corrected chi connectivity index (χ0v) is 19.2. The Morgan fingerprint density at radius 3 is 2.50 bits per heavy atom. The fourth-order valence-corrected chi connectivity index (χ4v) is 4.33. The van der Waals surface area contributed by atoms with Gasteiger partial charge in [0.2, 0.25) is 11.9 Å². The van der Waals surface area contributed by atoms with E-state index in [0.29, 0.717) is 5.95 Å². The van der Waals surface area contributed by atoms with Crippen molar-refractivity contribution in [3.8, 4) is 11.3 Å². The minimum Gasteiger partial charge on any atom is -0.378 e. The van der Waals surface area contributed by atoms with Gasteiger partial charge in [-0.2, -0.15) is 0 Å². The van der Waals surface area contributed by atoms with Crippen LogP contribution in [0.5, 0.6) is 0 Å². The van der Waals surface area contributed by atoms with E-state index in [1.807, 2.05) is 42.5 Å².